The van der Waals surface area contributed by atoms with Gasteiger partial charge in [0.05, 0.1) is 13.2 Å². The smallest absolute Gasteiger partial charge is 0.119 e. The third kappa shape index (κ3) is 5.07. The van der Waals surface area contributed by atoms with Gasteiger partial charge >= 0.3 is 0 Å². The van der Waals surface area contributed by atoms with E-state index in [1.54, 1.807) is 0 Å². The Labute approximate surface area is 110 Å². The number of ether oxygens (including phenoxy) is 1. The molecule has 1 unspecified atom stereocenters. The summed E-state index contributed by atoms with van der Waals surface area (Å²) in [5.74, 6) is 0.930. The third-order valence-electron chi connectivity index (χ3n) is 3.37. The Hall–Kier alpha value is -1.06. The standard InChI is InChI=1S/C15H25NO2/c1-13-6-8-14(9-7-13)18-11-5-4-10-15(2,12-17)16-3/h6-9,16-17H,4-5,10-12H2,1-3H3. The van der Waals surface area contributed by atoms with Crippen molar-refractivity contribution in [2.45, 2.75) is 38.6 Å². The second kappa shape index (κ2) is 7.39. The number of benzene rings is 1. The lowest BCUT2D eigenvalue weighted by Gasteiger charge is -2.26. The van der Waals surface area contributed by atoms with Crippen molar-refractivity contribution in [1.82, 2.24) is 5.32 Å². The SMILES string of the molecule is CNC(C)(CO)CCCCOc1ccc(C)cc1. The fourth-order valence-corrected chi connectivity index (χ4v) is 1.72. The number of aliphatic hydroxyl groups excluding tert-OH is 1. The first-order valence-electron chi connectivity index (χ1n) is 6.59. The predicted molar refractivity (Wildman–Crippen MR) is 75.1 cm³/mol. The highest BCUT2D eigenvalue weighted by Crippen LogP contribution is 2.14. The van der Waals surface area contributed by atoms with Crippen LogP contribution in [-0.2, 0) is 0 Å². The third-order valence-corrected chi connectivity index (χ3v) is 3.37. The first kappa shape index (κ1) is 15.0. The predicted octanol–water partition coefficient (Wildman–Crippen LogP) is 2.51. The zero-order valence-electron chi connectivity index (χ0n) is 11.7. The molecule has 0 spiro atoms. The minimum absolute atomic E-state index is 0.163. The summed E-state index contributed by atoms with van der Waals surface area (Å²) in [4.78, 5) is 0. The molecule has 0 saturated heterocycles. The van der Waals surface area contributed by atoms with E-state index < -0.39 is 0 Å². The van der Waals surface area contributed by atoms with Crippen LogP contribution in [0.25, 0.3) is 0 Å². The van der Waals surface area contributed by atoms with Crippen LogP contribution in [0, 0.1) is 6.92 Å². The first-order chi connectivity index (χ1) is 8.59. The second-order valence-electron chi connectivity index (χ2n) is 5.09. The Morgan fingerprint density at radius 1 is 1.22 bits per heavy atom. The van der Waals surface area contributed by atoms with Gasteiger partial charge in [-0.15, -0.1) is 0 Å². The molecule has 0 amide bonds. The topological polar surface area (TPSA) is 41.5 Å². The van der Waals surface area contributed by atoms with E-state index in [0.29, 0.717) is 0 Å². The molecule has 1 aromatic rings. The Balaban J connectivity index is 2.17. The molecular weight excluding hydrogens is 226 g/mol. The minimum atomic E-state index is -0.163. The lowest BCUT2D eigenvalue weighted by molar-refractivity contribution is 0.168. The van der Waals surface area contributed by atoms with E-state index in [1.165, 1.54) is 5.56 Å². The van der Waals surface area contributed by atoms with Crippen LogP contribution >= 0.6 is 0 Å². The quantitative estimate of drug-likeness (QED) is 0.698. The Morgan fingerprint density at radius 3 is 2.44 bits per heavy atom. The molecule has 1 aromatic carbocycles. The molecular formula is C15H25NO2. The average molecular weight is 251 g/mol. The van der Waals surface area contributed by atoms with E-state index in [4.69, 9.17) is 4.74 Å². The summed E-state index contributed by atoms with van der Waals surface area (Å²) in [6.07, 6.45) is 3.01. The summed E-state index contributed by atoms with van der Waals surface area (Å²) < 4.78 is 5.66. The molecule has 0 aliphatic heterocycles. The van der Waals surface area contributed by atoms with Gasteiger partial charge in [-0.1, -0.05) is 17.7 Å². The molecule has 0 aliphatic carbocycles. The van der Waals surface area contributed by atoms with Crippen LogP contribution in [-0.4, -0.2) is 30.9 Å². The van der Waals surface area contributed by atoms with Crippen LogP contribution in [0.1, 0.15) is 31.7 Å². The van der Waals surface area contributed by atoms with Gasteiger partial charge in [0.2, 0.25) is 0 Å². The lowest BCUT2D eigenvalue weighted by Crippen LogP contribution is -2.43. The van der Waals surface area contributed by atoms with Gasteiger partial charge in [0.15, 0.2) is 0 Å². The summed E-state index contributed by atoms with van der Waals surface area (Å²) in [5, 5.41) is 12.4. The monoisotopic (exact) mass is 251 g/mol. The lowest BCUT2D eigenvalue weighted by atomic mass is 9.96. The minimum Gasteiger partial charge on any atom is -0.494 e. The van der Waals surface area contributed by atoms with Gasteiger partial charge in [-0.3, -0.25) is 0 Å². The highest BCUT2D eigenvalue weighted by atomic mass is 16.5. The van der Waals surface area contributed by atoms with Crippen LogP contribution in [0.4, 0.5) is 0 Å². The zero-order valence-corrected chi connectivity index (χ0v) is 11.7. The first-order valence-corrected chi connectivity index (χ1v) is 6.59. The molecule has 1 atom stereocenters. The molecule has 1 rings (SSSR count). The molecule has 0 aromatic heterocycles. The van der Waals surface area contributed by atoms with Crippen molar-refractivity contribution in [3.05, 3.63) is 29.8 Å². The van der Waals surface area contributed by atoms with Crippen LogP contribution in [0.5, 0.6) is 5.75 Å². The van der Waals surface area contributed by atoms with Gasteiger partial charge in [-0.05, 0) is 52.3 Å². The summed E-state index contributed by atoms with van der Waals surface area (Å²) in [5.41, 5.74) is 1.08. The van der Waals surface area contributed by atoms with Crippen molar-refractivity contribution in [2.75, 3.05) is 20.3 Å². The molecule has 0 saturated carbocycles. The second-order valence-corrected chi connectivity index (χ2v) is 5.09. The summed E-state index contributed by atoms with van der Waals surface area (Å²) >= 11 is 0. The normalized spacial score (nSPS) is 14.2. The van der Waals surface area contributed by atoms with Crippen molar-refractivity contribution in [2.24, 2.45) is 0 Å². The molecule has 3 heteroatoms. The molecule has 0 radical (unpaired) electrons. The Kier molecular flexibility index (Phi) is 6.16. The van der Waals surface area contributed by atoms with Gasteiger partial charge in [0.1, 0.15) is 5.75 Å². The number of aliphatic hydroxyl groups is 1. The van der Waals surface area contributed by atoms with Gasteiger partial charge in [0.25, 0.3) is 0 Å². The number of rotatable bonds is 8. The van der Waals surface area contributed by atoms with E-state index in [1.807, 2.05) is 26.1 Å². The fourth-order valence-electron chi connectivity index (χ4n) is 1.72. The van der Waals surface area contributed by atoms with Crippen LogP contribution in [0.3, 0.4) is 0 Å². The molecule has 2 N–H and O–H groups in total. The number of hydrogen-bond acceptors (Lipinski definition) is 3. The van der Waals surface area contributed by atoms with Crippen molar-refractivity contribution in [3.8, 4) is 5.75 Å². The maximum atomic E-state index is 9.25. The van der Waals surface area contributed by atoms with Crippen molar-refractivity contribution < 1.29 is 9.84 Å². The Bertz CT molecular complexity index is 331. The fraction of sp³-hybridized carbons (Fsp3) is 0.600. The zero-order chi connectivity index (χ0) is 13.4. The molecule has 3 nitrogen and oxygen atoms in total. The molecule has 18 heavy (non-hydrogen) atoms. The van der Waals surface area contributed by atoms with E-state index in [2.05, 4.69) is 24.4 Å². The molecule has 102 valence electrons. The van der Waals surface area contributed by atoms with Gasteiger partial charge in [-0.25, -0.2) is 0 Å². The van der Waals surface area contributed by atoms with Gasteiger partial charge in [-0.2, -0.15) is 0 Å². The number of aryl methyl sites for hydroxylation is 1. The largest absolute Gasteiger partial charge is 0.494 e. The highest BCUT2D eigenvalue weighted by molar-refractivity contribution is 5.26. The van der Waals surface area contributed by atoms with Gasteiger partial charge < -0.3 is 15.2 Å². The summed E-state index contributed by atoms with van der Waals surface area (Å²) in [6.45, 7) is 5.00. The van der Waals surface area contributed by atoms with E-state index in [9.17, 15) is 5.11 Å². The Morgan fingerprint density at radius 2 is 1.89 bits per heavy atom. The number of unbranched alkanes of at least 4 members (excludes halogenated alkanes) is 1. The number of hydrogen-bond donors (Lipinski definition) is 2. The number of likely N-dealkylation sites (N-methyl/N-ethyl adjacent to an activating group) is 1. The van der Waals surface area contributed by atoms with Crippen LogP contribution < -0.4 is 10.1 Å². The van der Waals surface area contributed by atoms with E-state index >= 15 is 0 Å². The van der Waals surface area contributed by atoms with Gasteiger partial charge in [0, 0.05) is 5.54 Å². The average Bonchev–Trinajstić information content (AvgIpc) is 2.40. The maximum Gasteiger partial charge on any atom is 0.119 e. The molecule has 0 aliphatic rings. The molecule has 0 fully saturated rings. The number of nitrogens with one attached hydrogen (secondary N) is 1. The summed E-state index contributed by atoms with van der Waals surface area (Å²) in [6, 6.07) is 8.11. The van der Waals surface area contributed by atoms with Crippen LogP contribution in [0.15, 0.2) is 24.3 Å². The van der Waals surface area contributed by atoms with E-state index in [-0.39, 0.29) is 12.1 Å². The summed E-state index contributed by atoms with van der Waals surface area (Å²) in [7, 11) is 1.89. The maximum absolute atomic E-state index is 9.25. The highest BCUT2D eigenvalue weighted by Gasteiger charge is 2.19. The molecule has 0 bridgehead atoms. The molecule has 0 heterocycles. The van der Waals surface area contributed by atoms with Crippen LogP contribution in [0.2, 0.25) is 0 Å². The van der Waals surface area contributed by atoms with E-state index in [0.717, 1.165) is 31.6 Å². The van der Waals surface area contributed by atoms with Crippen molar-refractivity contribution >= 4 is 0 Å². The van der Waals surface area contributed by atoms with Crippen molar-refractivity contribution in [3.63, 3.8) is 0 Å². The van der Waals surface area contributed by atoms with Crippen molar-refractivity contribution in [1.29, 1.82) is 0 Å².